The van der Waals surface area contributed by atoms with E-state index in [1.165, 1.54) is 4.57 Å². The van der Waals surface area contributed by atoms with E-state index >= 15 is 0 Å². The van der Waals surface area contributed by atoms with E-state index in [0.29, 0.717) is 12.8 Å². The van der Waals surface area contributed by atoms with Crippen molar-refractivity contribution in [3.05, 3.63) is 28.2 Å². The Bertz CT molecular complexity index is 1190. The second kappa shape index (κ2) is 9.27. The highest BCUT2D eigenvalue weighted by Gasteiger charge is 2.32. The predicted molar refractivity (Wildman–Crippen MR) is 129 cm³/mol. The molecule has 184 valence electrons. The van der Waals surface area contributed by atoms with Gasteiger partial charge in [-0.2, -0.15) is 0 Å². The van der Waals surface area contributed by atoms with Gasteiger partial charge in [0.15, 0.2) is 0 Å². The molecule has 2 aliphatic heterocycles. The molecule has 2 aromatic rings. The highest BCUT2D eigenvalue weighted by molar-refractivity contribution is 6.00. The molecule has 0 radical (unpaired) electrons. The summed E-state index contributed by atoms with van der Waals surface area (Å²) in [5.41, 5.74) is 3.09. The molecule has 9 heteroatoms. The van der Waals surface area contributed by atoms with Gasteiger partial charge >= 0.3 is 11.7 Å². The van der Waals surface area contributed by atoms with Crippen LogP contribution in [0.25, 0.3) is 11.0 Å². The van der Waals surface area contributed by atoms with Crippen LogP contribution < -0.4 is 15.9 Å². The number of ether oxygens (including phenoxy) is 1. The number of imidazole rings is 1. The molecule has 1 aromatic carbocycles. The van der Waals surface area contributed by atoms with E-state index < -0.39 is 17.6 Å². The van der Waals surface area contributed by atoms with Crippen LogP contribution in [-0.2, 0) is 32.6 Å². The van der Waals surface area contributed by atoms with Gasteiger partial charge in [-0.1, -0.05) is 0 Å². The molecule has 4 rings (SSSR count). The Morgan fingerprint density at radius 2 is 1.91 bits per heavy atom. The number of anilines is 1. The Morgan fingerprint density at radius 3 is 2.62 bits per heavy atom. The number of aromatic nitrogens is 2. The van der Waals surface area contributed by atoms with E-state index in [1.807, 2.05) is 32.9 Å². The van der Waals surface area contributed by atoms with Crippen molar-refractivity contribution in [1.29, 1.82) is 0 Å². The fourth-order valence-electron chi connectivity index (χ4n) is 5.08. The monoisotopic (exact) mass is 470 g/mol. The summed E-state index contributed by atoms with van der Waals surface area (Å²) in [6, 6.07) is 3.27. The van der Waals surface area contributed by atoms with Gasteiger partial charge in [0.2, 0.25) is 11.8 Å². The summed E-state index contributed by atoms with van der Waals surface area (Å²) in [4.78, 5) is 51.5. The number of nitrogens with zero attached hydrogens (tertiary/aromatic N) is 3. The molecule has 0 bridgehead atoms. The third-order valence-corrected chi connectivity index (χ3v) is 6.52. The van der Waals surface area contributed by atoms with Crippen molar-refractivity contribution in [1.82, 2.24) is 14.5 Å². The summed E-state index contributed by atoms with van der Waals surface area (Å²) in [5.74, 6) is -0.887. The fraction of sp³-hybridized carbons (Fsp3) is 0.600. The number of rotatable bonds is 6. The molecule has 1 unspecified atom stereocenters. The van der Waals surface area contributed by atoms with Crippen LogP contribution in [0.4, 0.5) is 5.69 Å². The van der Waals surface area contributed by atoms with Gasteiger partial charge in [-0.25, -0.2) is 4.79 Å². The summed E-state index contributed by atoms with van der Waals surface area (Å²) in [6.45, 7) is 7.36. The average Bonchev–Trinajstić information content (AvgIpc) is 3.01. The van der Waals surface area contributed by atoms with Gasteiger partial charge in [-0.15, -0.1) is 0 Å². The van der Waals surface area contributed by atoms with Crippen LogP contribution in [0.1, 0.15) is 70.9 Å². The number of hydrogen-bond acceptors (Lipinski definition) is 6. The molecule has 9 nitrogen and oxygen atoms in total. The van der Waals surface area contributed by atoms with E-state index in [1.54, 1.807) is 11.6 Å². The first kappa shape index (κ1) is 24.0. The third-order valence-electron chi connectivity index (χ3n) is 6.52. The highest BCUT2D eigenvalue weighted by atomic mass is 16.6. The molecule has 1 aromatic heterocycles. The molecule has 1 N–H and O–H groups in total. The number of benzene rings is 1. The predicted octanol–water partition coefficient (Wildman–Crippen LogP) is 2.58. The maximum Gasteiger partial charge on any atom is 0.329 e. The van der Waals surface area contributed by atoms with Gasteiger partial charge in [-0.3, -0.25) is 28.8 Å². The topological polar surface area (TPSA) is 103 Å². The number of hydrogen-bond donors (Lipinski definition) is 1. The first-order chi connectivity index (χ1) is 16.1. The van der Waals surface area contributed by atoms with Gasteiger partial charge in [0.05, 0.1) is 11.0 Å². The van der Waals surface area contributed by atoms with Crippen LogP contribution in [0.2, 0.25) is 0 Å². The SMILES string of the molecule is Cn1c(=O)n(C2CCC(=O)NC2=O)c2ccc3c(c21)CCCN3CCCCC(=O)OC(C)(C)C. The molecule has 1 saturated heterocycles. The number of amides is 2. The van der Waals surface area contributed by atoms with E-state index in [9.17, 15) is 19.2 Å². The second-order valence-electron chi connectivity index (χ2n) is 10.2. The van der Waals surface area contributed by atoms with Crippen LogP contribution in [0.5, 0.6) is 0 Å². The molecule has 0 spiro atoms. The maximum absolute atomic E-state index is 13.2. The molecular formula is C25H34N4O5. The Balaban J connectivity index is 1.54. The minimum Gasteiger partial charge on any atom is -0.460 e. The number of imide groups is 1. The maximum atomic E-state index is 13.2. The second-order valence-corrected chi connectivity index (χ2v) is 10.2. The zero-order valence-corrected chi connectivity index (χ0v) is 20.5. The lowest BCUT2D eigenvalue weighted by Gasteiger charge is -2.32. The number of fused-ring (bicyclic) bond motifs is 3. The van der Waals surface area contributed by atoms with Crippen molar-refractivity contribution in [2.75, 3.05) is 18.0 Å². The van der Waals surface area contributed by atoms with E-state index in [4.69, 9.17) is 4.74 Å². The Morgan fingerprint density at radius 1 is 1.15 bits per heavy atom. The van der Waals surface area contributed by atoms with Gasteiger partial charge in [0, 0.05) is 44.2 Å². The lowest BCUT2D eigenvalue weighted by Crippen LogP contribution is -2.44. The summed E-state index contributed by atoms with van der Waals surface area (Å²) in [6.07, 6.45) is 4.40. The molecule has 1 fully saturated rings. The first-order valence-corrected chi connectivity index (χ1v) is 12.1. The number of unbranched alkanes of at least 4 members (excludes halogenated alkanes) is 1. The number of nitrogens with one attached hydrogen (secondary N) is 1. The molecule has 0 aliphatic carbocycles. The standard InChI is InChI=1S/C25H34N4O5/c1-25(2,3)34-21(31)9-5-6-14-28-15-7-8-16-17(28)10-11-18-22(16)27(4)24(33)29(18)19-12-13-20(30)26-23(19)32/h10-11,19H,5-9,12-15H2,1-4H3,(H,26,30,32). The van der Waals surface area contributed by atoms with Gasteiger partial charge in [-0.05, 0) is 65.0 Å². The van der Waals surface area contributed by atoms with Crippen LogP contribution >= 0.6 is 0 Å². The van der Waals surface area contributed by atoms with E-state index in [-0.39, 0.29) is 24.0 Å². The normalized spacial score (nSPS) is 18.7. The van der Waals surface area contributed by atoms with Gasteiger partial charge < -0.3 is 9.64 Å². The highest BCUT2D eigenvalue weighted by Crippen LogP contribution is 2.34. The quantitative estimate of drug-likeness (QED) is 0.396. The van der Waals surface area contributed by atoms with Gasteiger partial charge in [0.25, 0.3) is 0 Å². The van der Waals surface area contributed by atoms with Crippen molar-refractivity contribution in [3.63, 3.8) is 0 Å². The van der Waals surface area contributed by atoms with E-state index in [2.05, 4.69) is 10.2 Å². The Kier molecular flexibility index (Phi) is 6.55. The molecule has 3 heterocycles. The zero-order chi connectivity index (χ0) is 24.6. The molecule has 2 amide bonds. The molecule has 2 aliphatic rings. The minimum absolute atomic E-state index is 0.168. The lowest BCUT2D eigenvalue weighted by atomic mass is 9.99. The molecule has 1 atom stereocenters. The zero-order valence-electron chi connectivity index (χ0n) is 20.5. The number of carbonyl (C=O) groups is 3. The smallest absolute Gasteiger partial charge is 0.329 e. The minimum atomic E-state index is -0.681. The summed E-state index contributed by atoms with van der Waals surface area (Å²) < 4.78 is 8.56. The van der Waals surface area contributed by atoms with Crippen LogP contribution in [0, 0.1) is 0 Å². The lowest BCUT2D eigenvalue weighted by molar-refractivity contribution is -0.155. The van der Waals surface area contributed by atoms with Crippen molar-refractivity contribution >= 4 is 34.5 Å². The molecule has 0 saturated carbocycles. The molecular weight excluding hydrogens is 436 g/mol. The largest absolute Gasteiger partial charge is 0.460 e. The summed E-state index contributed by atoms with van der Waals surface area (Å²) in [7, 11) is 1.74. The Hall–Kier alpha value is -3.10. The third kappa shape index (κ3) is 4.74. The summed E-state index contributed by atoms with van der Waals surface area (Å²) >= 11 is 0. The van der Waals surface area contributed by atoms with E-state index in [0.717, 1.165) is 61.1 Å². The fourth-order valence-corrected chi connectivity index (χ4v) is 5.08. The number of aryl methyl sites for hydroxylation is 2. The van der Waals surface area contributed by atoms with Gasteiger partial charge in [0.1, 0.15) is 11.6 Å². The van der Waals surface area contributed by atoms with Crippen molar-refractivity contribution in [2.24, 2.45) is 7.05 Å². The van der Waals surface area contributed by atoms with Crippen molar-refractivity contribution in [3.8, 4) is 0 Å². The summed E-state index contributed by atoms with van der Waals surface area (Å²) in [5, 5.41) is 2.36. The average molecular weight is 471 g/mol. The Labute approximate surface area is 199 Å². The molecule has 34 heavy (non-hydrogen) atoms. The number of esters is 1. The van der Waals surface area contributed by atoms with Crippen LogP contribution in [0.3, 0.4) is 0 Å². The van der Waals surface area contributed by atoms with Crippen LogP contribution in [-0.4, -0.2) is 45.6 Å². The van der Waals surface area contributed by atoms with Crippen LogP contribution in [0.15, 0.2) is 16.9 Å². The first-order valence-electron chi connectivity index (χ1n) is 12.1. The van der Waals surface area contributed by atoms with Crippen molar-refractivity contribution in [2.45, 2.75) is 77.4 Å². The number of piperidine rings is 1. The van der Waals surface area contributed by atoms with Crippen molar-refractivity contribution < 1.29 is 19.1 Å². The number of carbonyl (C=O) groups excluding carboxylic acids is 3.